The van der Waals surface area contributed by atoms with E-state index in [1.54, 1.807) is 4.90 Å². The van der Waals surface area contributed by atoms with Gasteiger partial charge < -0.3 is 19.9 Å². The lowest BCUT2D eigenvalue weighted by Crippen LogP contribution is -2.40. The second kappa shape index (κ2) is 10.3. The fourth-order valence-electron chi connectivity index (χ4n) is 4.09. The van der Waals surface area contributed by atoms with Crippen LogP contribution in [0.2, 0.25) is 0 Å². The summed E-state index contributed by atoms with van der Waals surface area (Å²) < 4.78 is 5.63. The Bertz CT molecular complexity index is 741. The second-order valence-electron chi connectivity index (χ2n) is 9.11. The molecule has 0 radical (unpaired) electrons. The Morgan fingerprint density at radius 2 is 1.93 bits per heavy atom. The van der Waals surface area contributed by atoms with Crippen LogP contribution in [0.15, 0.2) is 18.2 Å². The molecule has 0 bridgehead atoms. The van der Waals surface area contributed by atoms with Gasteiger partial charge in [-0.25, -0.2) is 0 Å². The van der Waals surface area contributed by atoms with Gasteiger partial charge in [-0.15, -0.1) is 0 Å². The minimum Gasteiger partial charge on any atom is -0.482 e. The molecule has 2 aliphatic heterocycles. The van der Waals surface area contributed by atoms with Gasteiger partial charge in [0.25, 0.3) is 5.91 Å². The number of anilines is 1. The number of nitrogens with zero attached hydrogens (tertiary/aromatic N) is 2. The van der Waals surface area contributed by atoms with E-state index in [2.05, 4.69) is 43.1 Å². The number of hydrogen-bond donors (Lipinski definition) is 1. The highest BCUT2D eigenvalue weighted by molar-refractivity contribution is 5.98. The smallest absolute Gasteiger partial charge is 0.265 e. The first-order valence-electron chi connectivity index (χ1n) is 11.5. The Balaban J connectivity index is 1.51. The number of hydrogen-bond acceptors (Lipinski definition) is 4. The number of ether oxygens (including phenoxy) is 1. The summed E-state index contributed by atoms with van der Waals surface area (Å²) in [4.78, 5) is 28.9. The number of amides is 2. The van der Waals surface area contributed by atoms with E-state index in [1.165, 1.54) is 24.8 Å². The number of piperidine rings is 1. The fraction of sp³-hybridized carbons (Fsp3) is 0.667. The lowest BCUT2D eigenvalue weighted by atomic mass is 9.82. The molecule has 2 heterocycles. The summed E-state index contributed by atoms with van der Waals surface area (Å²) in [5.74, 6) is 0.768. The third-order valence-electron chi connectivity index (χ3n) is 6.55. The molecule has 30 heavy (non-hydrogen) atoms. The molecule has 0 saturated carbocycles. The van der Waals surface area contributed by atoms with Crippen molar-refractivity contribution in [2.24, 2.45) is 0 Å². The van der Waals surface area contributed by atoms with Crippen LogP contribution in [0.3, 0.4) is 0 Å². The number of rotatable bonds is 9. The Hall–Kier alpha value is -2.08. The molecule has 1 N–H and O–H groups in total. The maximum Gasteiger partial charge on any atom is 0.265 e. The van der Waals surface area contributed by atoms with Crippen molar-refractivity contribution in [3.63, 3.8) is 0 Å². The summed E-state index contributed by atoms with van der Waals surface area (Å²) in [5, 5.41) is 3.03. The van der Waals surface area contributed by atoms with Gasteiger partial charge in [0.05, 0.1) is 5.69 Å². The van der Waals surface area contributed by atoms with Crippen LogP contribution >= 0.6 is 0 Å². The number of nitrogens with one attached hydrogen (secondary N) is 1. The maximum absolute atomic E-state index is 12.5. The van der Waals surface area contributed by atoms with Crippen molar-refractivity contribution in [1.82, 2.24) is 10.2 Å². The lowest BCUT2D eigenvalue weighted by Gasteiger charge is -2.32. The van der Waals surface area contributed by atoms with Crippen molar-refractivity contribution in [2.75, 3.05) is 44.2 Å². The molecular weight excluding hydrogens is 378 g/mol. The van der Waals surface area contributed by atoms with Crippen molar-refractivity contribution in [3.05, 3.63) is 23.8 Å². The third kappa shape index (κ3) is 5.75. The first-order chi connectivity index (χ1) is 14.4. The van der Waals surface area contributed by atoms with Gasteiger partial charge in [-0.05, 0) is 61.9 Å². The molecule has 1 aromatic rings. The van der Waals surface area contributed by atoms with Crippen molar-refractivity contribution < 1.29 is 14.3 Å². The number of carbonyl (C=O) groups excluding carboxylic acids is 2. The topological polar surface area (TPSA) is 61.9 Å². The molecule has 0 aromatic heterocycles. The van der Waals surface area contributed by atoms with E-state index in [-0.39, 0.29) is 23.8 Å². The first-order valence-corrected chi connectivity index (χ1v) is 11.5. The molecule has 0 aliphatic carbocycles. The van der Waals surface area contributed by atoms with Crippen LogP contribution in [0.4, 0.5) is 5.69 Å². The Morgan fingerprint density at radius 1 is 1.17 bits per heavy atom. The summed E-state index contributed by atoms with van der Waals surface area (Å²) in [5.41, 5.74) is 2.06. The molecule has 1 aromatic carbocycles. The minimum atomic E-state index is -0.0422. The molecule has 0 spiro atoms. The number of carbonyl (C=O) groups is 2. The predicted octanol–water partition coefficient (Wildman–Crippen LogP) is 3.48. The van der Waals surface area contributed by atoms with E-state index >= 15 is 0 Å². The molecule has 1 fully saturated rings. The Labute approximate surface area is 180 Å². The Kier molecular flexibility index (Phi) is 7.75. The van der Waals surface area contributed by atoms with E-state index < -0.39 is 0 Å². The van der Waals surface area contributed by atoms with Gasteiger partial charge in [0.1, 0.15) is 5.75 Å². The minimum absolute atomic E-state index is 0.0371. The van der Waals surface area contributed by atoms with Gasteiger partial charge in [0.15, 0.2) is 6.61 Å². The highest BCUT2D eigenvalue weighted by Crippen LogP contribution is 2.37. The summed E-state index contributed by atoms with van der Waals surface area (Å²) in [6.45, 7) is 11.1. The number of benzene rings is 1. The number of likely N-dealkylation sites (tertiary alicyclic amines) is 1. The Morgan fingerprint density at radius 3 is 2.67 bits per heavy atom. The molecule has 0 atom stereocenters. The third-order valence-corrected chi connectivity index (χ3v) is 6.55. The summed E-state index contributed by atoms with van der Waals surface area (Å²) >= 11 is 0. The van der Waals surface area contributed by atoms with Crippen molar-refractivity contribution in [3.8, 4) is 5.75 Å². The van der Waals surface area contributed by atoms with Gasteiger partial charge in [-0.2, -0.15) is 0 Å². The molecule has 3 rings (SSSR count). The largest absolute Gasteiger partial charge is 0.482 e. The van der Waals surface area contributed by atoms with Crippen LogP contribution in [0.5, 0.6) is 5.75 Å². The highest BCUT2D eigenvalue weighted by Gasteiger charge is 2.28. The second-order valence-corrected chi connectivity index (χ2v) is 9.11. The molecule has 0 unspecified atom stereocenters. The average Bonchev–Trinajstić information content (AvgIpc) is 2.75. The highest BCUT2D eigenvalue weighted by atomic mass is 16.5. The normalized spacial score (nSPS) is 17.4. The first kappa shape index (κ1) is 22.6. The van der Waals surface area contributed by atoms with Crippen LogP contribution in [0.1, 0.15) is 64.9 Å². The SMILES string of the molecule is CCC(C)(C)c1ccc2c(c1)N(CCCC(=O)NCCN1CCCCC1)C(=O)CO2. The monoisotopic (exact) mass is 415 g/mol. The van der Waals surface area contributed by atoms with Crippen LogP contribution in [0.25, 0.3) is 0 Å². The van der Waals surface area contributed by atoms with E-state index in [4.69, 9.17) is 4.74 Å². The van der Waals surface area contributed by atoms with E-state index in [0.717, 1.165) is 37.5 Å². The lowest BCUT2D eigenvalue weighted by molar-refractivity contribution is -0.122. The maximum atomic E-state index is 12.5. The zero-order chi connectivity index (χ0) is 21.6. The summed E-state index contributed by atoms with van der Waals surface area (Å²) in [6, 6.07) is 6.13. The molecule has 6 nitrogen and oxygen atoms in total. The van der Waals surface area contributed by atoms with Gasteiger partial charge in [-0.1, -0.05) is 33.3 Å². The average molecular weight is 416 g/mol. The summed E-state index contributed by atoms with van der Waals surface area (Å²) in [7, 11) is 0. The standard InChI is InChI=1S/C24H37N3O3/c1-4-24(2,3)19-10-11-21-20(17-19)27(23(29)18-30-21)15-8-9-22(28)25-12-16-26-13-6-5-7-14-26/h10-11,17H,4-9,12-16,18H2,1-3H3,(H,25,28). The molecule has 2 aliphatic rings. The molecule has 166 valence electrons. The molecular formula is C24H37N3O3. The van der Waals surface area contributed by atoms with E-state index in [0.29, 0.717) is 25.9 Å². The van der Waals surface area contributed by atoms with Crippen LogP contribution < -0.4 is 15.0 Å². The van der Waals surface area contributed by atoms with E-state index in [9.17, 15) is 9.59 Å². The predicted molar refractivity (Wildman–Crippen MR) is 120 cm³/mol. The van der Waals surface area contributed by atoms with Gasteiger partial charge in [0.2, 0.25) is 5.91 Å². The summed E-state index contributed by atoms with van der Waals surface area (Å²) in [6.07, 6.45) is 5.93. The zero-order valence-electron chi connectivity index (χ0n) is 18.8. The number of fused-ring (bicyclic) bond motifs is 1. The molecule has 2 amide bonds. The van der Waals surface area contributed by atoms with Gasteiger partial charge in [0, 0.05) is 26.1 Å². The van der Waals surface area contributed by atoms with Crippen LogP contribution in [0, 0.1) is 0 Å². The van der Waals surface area contributed by atoms with Gasteiger partial charge >= 0.3 is 0 Å². The van der Waals surface area contributed by atoms with Gasteiger partial charge in [-0.3, -0.25) is 9.59 Å². The fourth-order valence-corrected chi connectivity index (χ4v) is 4.09. The van der Waals surface area contributed by atoms with Crippen LogP contribution in [-0.2, 0) is 15.0 Å². The molecule has 1 saturated heterocycles. The van der Waals surface area contributed by atoms with E-state index in [1.807, 2.05) is 6.07 Å². The quantitative estimate of drug-likeness (QED) is 0.671. The molecule has 6 heteroatoms. The van der Waals surface area contributed by atoms with Crippen molar-refractivity contribution in [2.45, 2.75) is 64.7 Å². The zero-order valence-corrected chi connectivity index (χ0v) is 18.8. The van der Waals surface area contributed by atoms with Crippen LogP contribution in [-0.4, -0.2) is 56.0 Å². The van der Waals surface area contributed by atoms with Crippen molar-refractivity contribution >= 4 is 17.5 Å². The van der Waals surface area contributed by atoms with Crippen molar-refractivity contribution in [1.29, 1.82) is 0 Å².